The summed E-state index contributed by atoms with van der Waals surface area (Å²) in [4.78, 5) is 0. The Morgan fingerprint density at radius 2 is 1.93 bits per heavy atom. The second-order valence-corrected chi connectivity index (χ2v) is 6.15. The highest BCUT2D eigenvalue weighted by Gasteiger charge is 2.34. The van der Waals surface area contributed by atoms with Gasteiger partial charge in [0.1, 0.15) is 0 Å². The van der Waals surface area contributed by atoms with Crippen LogP contribution in [0.3, 0.4) is 0 Å². The van der Waals surface area contributed by atoms with Crippen molar-refractivity contribution in [1.82, 2.24) is 8.61 Å². The van der Waals surface area contributed by atoms with E-state index in [0.29, 0.717) is 12.4 Å². The van der Waals surface area contributed by atoms with E-state index in [0.717, 1.165) is 19.3 Å². The highest BCUT2D eigenvalue weighted by atomic mass is 35.5. The zero-order valence-electron chi connectivity index (χ0n) is 8.61. The molecule has 0 N–H and O–H groups in total. The Morgan fingerprint density at radius 3 is 2.21 bits per heavy atom. The van der Waals surface area contributed by atoms with Crippen molar-refractivity contribution in [2.24, 2.45) is 0 Å². The van der Waals surface area contributed by atoms with E-state index in [1.165, 1.54) is 8.61 Å². The lowest BCUT2D eigenvalue weighted by Gasteiger charge is -2.37. The van der Waals surface area contributed by atoms with E-state index in [2.05, 4.69) is 0 Å². The van der Waals surface area contributed by atoms with Gasteiger partial charge in [0.2, 0.25) is 0 Å². The first kappa shape index (κ1) is 12.2. The van der Waals surface area contributed by atoms with Gasteiger partial charge in [-0.25, -0.2) is 0 Å². The number of alkyl halides is 1. The van der Waals surface area contributed by atoms with Gasteiger partial charge in [-0.3, -0.25) is 0 Å². The maximum atomic E-state index is 11.8. The highest BCUT2D eigenvalue weighted by molar-refractivity contribution is 7.86. The van der Waals surface area contributed by atoms with Crippen LogP contribution in [0.4, 0.5) is 0 Å². The molecule has 0 aromatic rings. The Bertz CT molecular complexity index is 275. The normalized spacial score (nSPS) is 18.9. The molecule has 0 radical (unpaired) electrons. The molecule has 0 bridgehead atoms. The van der Waals surface area contributed by atoms with Gasteiger partial charge in [0, 0.05) is 32.6 Å². The first-order chi connectivity index (χ1) is 6.50. The largest absolute Gasteiger partial charge is 0.281 e. The average molecular weight is 241 g/mol. The Kier molecular flexibility index (Phi) is 4.18. The van der Waals surface area contributed by atoms with Crippen LogP contribution in [0.15, 0.2) is 0 Å². The molecule has 14 heavy (non-hydrogen) atoms. The maximum absolute atomic E-state index is 11.8. The van der Waals surface area contributed by atoms with Crippen molar-refractivity contribution in [1.29, 1.82) is 0 Å². The minimum Gasteiger partial charge on any atom is -0.195 e. The van der Waals surface area contributed by atoms with Gasteiger partial charge >= 0.3 is 0 Å². The van der Waals surface area contributed by atoms with Gasteiger partial charge in [-0.05, 0) is 12.8 Å². The van der Waals surface area contributed by atoms with Gasteiger partial charge < -0.3 is 0 Å². The number of halogens is 1. The number of nitrogens with zero attached hydrogens (tertiary/aromatic N) is 2. The first-order valence-electron chi connectivity index (χ1n) is 4.75. The Hall–Kier alpha value is 0.160. The quantitative estimate of drug-likeness (QED) is 0.670. The molecule has 1 aliphatic carbocycles. The minimum absolute atomic E-state index is 0.168. The molecule has 0 atom stereocenters. The lowest BCUT2D eigenvalue weighted by atomic mass is 9.93. The molecular formula is C8H17ClN2O2S. The molecule has 4 nitrogen and oxygen atoms in total. The summed E-state index contributed by atoms with van der Waals surface area (Å²) >= 11 is 5.61. The fraction of sp³-hybridized carbons (Fsp3) is 1.00. The van der Waals surface area contributed by atoms with Crippen LogP contribution in [0.1, 0.15) is 19.3 Å². The standard InChI is InChI=1S/C8H17ClN2O2S/c1-10(2)14(12,13)11(7-6-9)8-4-3-5-8/h8H,3-7H2,1-2H3. The zero-order valence-corrected chi connectivity index (χ0v) is 10.2. The molecule has 0 amide bonds. The smallest absolute Gasteiger partial charge is 0.195 e. The minimum atomic E-state index is -3.28. The van der Waals surface area contributed by atoms with E-state index in [9.17, 15) is 8.42 Å². The third kappa shape index (κ3) is 2.39. The monoisotopic (exact) mass is 240 g/mol. The molecular weight excluding hydrogens is 224 g/mol. The van der Waals surface area contributed by atoms with Gasteiger partial charge in [-0.2, -0.15) is 17.0 Å². The van der Waals surface area contributed by atoms with Crippen LogP contribution in [-0.4, -0.2) is 49.6 Å². The number of hydrogen-bond acceptors (Lipinski definition) is 2. The Balaban J connectivity index is 2.75. The van der Waals surface area contributed by atoms with Crippen LogP contribution in [-0.2, 0) is 10.2 Å². The summed E-state index contributed by atoms with van der Waals surface area (Å²) in [5.74, 6) is 0.351. The Morgan fingerprint density at radius 1 is 1.36 bits per heavy atom. The van der Waals surface area contributed by atoms with Crippen molar-refractivity contribution >= 4 is 21.8 Å². The second kappa shape index (κ2) is 4.79. The number of hydrogen-bond donors (Lipinski definition) is 0. The summed E-state index contributed by atoms with van der Waals surface area (Å²) in [6.07, 6.45) is 3.04. The average Bonchev–Trinajstić information content (AvgIpc) is 2.00. The summed E-state index contributed by atoms with van der Waals surface area (Å²) in [7, 11) is -0.177. The van der Waals surface area contributed by atoms with Crippen LogP contribution in [0.25, 0.3) is 0 Å². The summed E-state index contributed by atoms with van der Waals surface area (Å²) in [5, 5.41) is 0. The zero-order chi connectivity index (χ0) is 10.8. The summed E-state index contributed by atoms with van der Waals surface area (Å²) in [6.45, 7) is 0.409. The van der Waals surface area contributed by atoms with Crippen molar-refractivity contribution in [2.45, 2.75) is 25.3 Å². The van der Waals surface area contributed by atoms with Gasteiger partial charge in [0.15, 0.2) is 0 Å². The second-order valence-electron chi connectivity index (χ2n) is 3.67. The molecule has 1 saturated carbocycles. The predicted octanol–water partition coefficient (Wildman–Crippen LogP) is 0.886. The molecule has 0 aromatic carbocycles. The number of rotatable bonds is 5. The van der Waals surface area contributed by atoms with Crippen LogP contribution >= 0.6 is 11.6 Å². The molecule has 1 aliphatic rings. The predicted molar refractivity (Wildman–Crippen MR) is 57.7 cm³/mol. The molecule has 0 spiro atoms. The molecule has 1 fully saturated rings. The van der Waals surface area contributed by atoms with Crippen molar-refractivity contribution in [2.75, 3.05) is 26.5 Å². The molecule has 0 saturated heterocycles. The molecule has 0 unspecified atom stereocenters. The molecule has 1 rings (SSSR count). The van der Waals surface area contributed by atoms with E-state index in [-0.39, 0.29) is 6.04 Å². The molecule has 0 aliphatic heterocycles. The lowest BCUT2D eigenvalue weighted by Crippen LogP contribution is -2.49. The van der Waals surface area contributed by atoms with Gasteiger partial charge in [-0.1, -0.05) is 6.42 Å². The van der Waals surface area contributed by atoms with Crippen molar-refractivity contribution in [3.05, 3.63) is 0 Å². The fourth-order valence-corrected chi connectivity index (χ4v) is 3.07. The fourth-order valence-electron chi connectivity index (χ4n) is 1.45. The van der Waals surface area contributed by atoms with Crippen molar-refractivity contribution in [3.8, 4) is 0 Å². The maximum Gasteiger partial charge on any atom is 0.281 e. The van der Waals surface area contributed by atoms with Gasteiger partial charge in [0.25, 0.3) is 10.2 Å². The van der Waals surface area contributed by atoms with E-state index in [1.807, 2.05) is 0 Å². The molecule has 84 valence electrons. The van der Waals surface area contributed by atoms with Gasteiger partial charge in [0.05, 0.1) is 0 Å². The van der Waals surface area contributed by atoms with E-state index >= 15 is 0 Å². The molecule has 6 heteroatoms. The topological polar surface area (TPSA) is 40.6 Å². The van der Waals surface area contributed by atoms with Crippen LogP contribution in [0.5, 0.6) is 0 Å². The third-order valence-electron chi connectivity index (χ3n) is 2.54. The first-order valence-corrected chi connectivity index (χ1v) is 6.68. The highest BCUT2D eigenvalue weighted by Crippen LogP contribution is 2.27. The van der Waals surface area contributed by atoms with E-state index < -0.39 is 10.2 Å². The third-order valence-corrected chi connectivity index (χ3v) is 4.71. The summed E-state index contributed by atoms with van der Waals surface area (Å²) in [5.41, 5.74) is 0. The van der Waals surface area contributed by atoms with Crippen LogP contribution in [0, 0.1) is 0 Å². The summed E-state index contributed by atoms with van der Waals surface area (Å²) < 4.78 is 26.5. The van der Waals surface area contributed by atoms with E-state index in [1.54, 1.807) is 14.1 Å². The van der Waals surface area contributed by atoms with Crippen LogP contribution < -0.4 is 0 Å². The van der Waals surface area contributed by atoms with Crippen LogP contribution in [0.2, 0.25) is 0 Å². The Labute approximate surface area is 91.0 Å². The lowest BCUT2D eigenvalue weighted by molar-refractivity contribution is 0.217. The molecule has 0 heterocycles. The molecule has 0 aromatic heterocycles. The van der Waals surface area contributed by atoms with Crippen molar-refractivity contribution < 1.29 is 8.42 Å². The van der Waals surface area contributed by atoms with Gasteiger partial charge in [-0.15, -0.1) is 11.6 Å². The SMILES string of the molecule is CN(C)S(=O)(=O)N(CCCl)C1CCC1. The summed E-state index contributed by atoms with van der Waals surface area (Å²) in [6, 6.07) is 0.168. The van der Waals surface area contributed by atoms with E-state index in [4.69, 9.17) is 11.6 Å². The van der Waals surface area contributed by atoms with Crippen molar-refractivity contribution in [3.63, 3.8) is 0 Å².